The first-order chi connectivity index (χ1) is 58.2. The lowest BCUT2D eigenvalue weighted by Crippen LogP contribution is -2.01. The molecule has 10 nitrogen and oxygen atoms in total. The quantitative estimate of drug-likeness (QED) is 0.104. The molecule has 0 fully saturated rings. The van der Waals surface area contributed by atoms with Crippen LogP contribution in [0.15, 0.2) is 370 Å². The molecule has 5 heterocycles. The Morgan fingerprint density at radius 1 is 0.151 bits per heavy atom. The van der Waals surface area contributed by atoms with Gasteiger partial charge in [0.05, 0.1) is 112 Å². The Morgan fingerprint density at radius 2 is 0.403 bits per heavy atom. The molecule has 0 bridgehead atoms. The van der Waals surface area contributed by atoms with Crippen molar-refractivity contribution in [1.29, 1.82) is 0 Å². The number of benzene rings is 14. The summed E-state index contributed by atoms with van der Waals surface area (Å²) in [5.41, 5.74) is 34.4. The van der Waals surface area contributed by atoms with E-state index in [1.54, 1.807) is 0 Å². The maximum Gasteiger partial charge on any atom is 0.0973 e. The lowest BCUT2D eigenvalue weighted by molar-refractivity contribution is 0.825. The van der Waals surface area contributed by atoms with Gasteiger partial charge in [0.1, 0.15) is 0 Å². The van der Waals surface area contributed by atoms with Gasteiger partial charge in [0.25, 0.3) is 0 Å². The molecule has 0 aliphatic carbocycles. The minimum Gasteiger partial charge on any atom is -0.249 e. The predicted octanol–water partition coefficient (Wildman–Crippen LogP) is 28.8. The van der Waals surface area contributed by atoms with E-state index in [4.69, 9.17) is 49.8 Å². The van der Waals surface area contributed by atoms with E-state index < -0.39 is 0 Å². The zero-order chi connectivity index (χ0) is 82.1. The molecule has 0 saturated heterocycles. The van der Waals surface area contributed by atoms with Crippen LogP contribution in [0.3, 0.4) is 0 Å². The fourth-order valence-electron chi connectivity index (χ4n) is 14.6. The topological polar surface area (TPSA) is 129 Å². The fourth-order valence-corrected chi connectivity index (χ4v) is 14.6. The van der Waals surface area contributed by atoms with Gasteiger partial charge in [-0.05, 0) is 124 Å². The average molecular weight is 1550 g/mol. The summed E-state index contributed by atoms with van der Waals surface area (Å²) in [4.78, 5) is 49.2. The van der Waals surface area contributed by atoms with Crippen LogP contribution < -0.4 is 0 Å². The van der Waals surface area contributed by atoms with E-state index in [0.29, 0.717) is 29.6 Å². The standard InChI is InChI=1S/4C23H20N2.C17H16N2/c1-16(2)19-14-9-15-20-23(19)25-22(18-12-7-4-8-13-18)21(24-20)17-10-5-3-6-11-17;1-16(2)19-13-14-20-21(15-19)25-23(18-11-7-4-8-12-18)22(24-20)17-9-5-3-6-10-17;1-16(2)22-23(25-21-14-7-6-13-20(21)24-22)19-12-8-11-18(15-19)17-9-4-3-5-10-17;1-16(2)22-23(25-21-11-7-6-10-20(21)24-22)19-14-12-18(13-15-19)17-8-4-3-5-9-17;1-12(2)16-17(13-8-4-3-5-9-13)19-15-11-7-6-10-14(15)18-16/h4*3-16H,1-2H3;3-12H,1-2H3. The van der Waals surface area contributed by atoms with Crippen molar-refractivity contribution in [3.8, 4) is 101 Å². The molecule has 0 unspecified atom stereocenters. The molecule has 10 heteroatoms. The van der Waals surface area contributed by atoms with Crippen molar-refractivity contribution in [3.05, 3.63) is 398 Å². The zero-order valence-corrected chi connectivity index (χ0v) is 69.1. The zero-order valence-electron chi connectivity index (χ0n) is 69.1. The number of hydrogen-bond acceptors (Lipinski definition) is 10. The van der Waals surface area contributed by atoms with E-state index in [1.165, 1.54) is 33.4 Å². The van der Waals surface area contributed by atoms with Gasteiger partial charge in [0, 0.05) is 38.9 Å². The lowest BCUT2D eigenvalue weighted by atomic mass is 9.98. The highest BCUT2D eigenvalue weighted by Crippen LogP contribution is 2.38. The molecule has 14 aromatic carbocycles. The van der Waals surface area contributed by atoms with Gasteiger partial charge in [0.15, 0.2) is 0 Å². The molecule has 5 aromatic heterocycles. The Labute approximate surface area is 698 Å². The van der Waals surface area contributed by atoms with Gasteiger partial charge >= 0.3 is 0 Å². The van der Waals surface area contributed by atoms with Crippen molar-refractivity contribution in [2.24, 2.45) is 0 Å². The Kier molecular flexibility index (Phi) is 25.3. The molecule has 119 heavy (non-hydrogen) atoms. The van der Waals surface area contributed by atoms with Crippen molar-refractivity contribution in [2.45, 2.75) is 98.8 Å². The van der Waals surface area contributed by atoms with Crippen molar-refractivity contribution >= 4 is 55.2 Å². The first-order valence-electron chi connectivity index (χ1n) is 41.2. The number of aromatic nitrogens is 10. The molecule has 0 aliphatic rings. The predicted molar refractivity (Wildman–Crippen MR) is 497 cm³/mol. The van der Waals surface area contributed by atoms with Gasteiger partial charge in [-0.25, -0.2) is 49.8 Å². The smallest absolute Gasteiger partial charge is 0.0973 e. The van der Waals surface area contributed by atoms with E-state index in [-0.39, 0.29) is 0 Å². The number of hydrogen-bond donors (Lipinski definition) is 0. The third-order valence-corrected chi connectivity index (χ3v) is 20.9. The largest absolute Gasteiger partial charge is 0.249 e. The molecule has 19 aromatic rings. The summed E-state index contributed by atoms with van der Waals surface area (Å²) < 4.78 is 0. The Morgan fingerprint density at radius 3 is 0.782 bits per heavy atom. The van der Waals surface area contributed by atoms with Crippen LogP contribution in [-0.2, 0) is 0 Å². The maximum atomic E-state index is 5.08. The number of nitrogens with zero attached hydrogens (tertiary/aromatic N) is 10. The molecule has 582 valence electrons. The molecule has 0 radical (unpaired) electrons. The monoisotopic (exact) mass is 1540 g/mol. The molecule has 0 aliphatic heterocycles. The number of para-hydroxylation sites is 7. The van der Waals surface area contributed by atoms with Gasteiger partial charge < -0.3 is 0 Å². The van der Waals surface area contributed by atoms with Crippen molar-refractivity contribution < 1.29 is 0 Å². The van der Waals surface area contributed by atoms with Crippen LogP contribution in [0.4, 0.5) is 0 Å². The minimum atomic E-state index is 0.312. The van der Waals surface area contributed by atoms with Crippen molar-refractivity contribution in [3.63, 3.8) is 0 Å². The van der Waals surface area contributed by atoms with Gasteiger partial charge in [0.2, 0.25) is 0 Å². The highest BCUT2D eigenvalue weighted by Gasteiger charge is 2.21. The summed E-state index contributed by atoms with van der Waals surface area (Å²) in [6.07, 6.45) is 0. The van der Waals surface area contributed by atoms with Gasteiger partial charge in [-0.3, -0.25) is 0 Å². The van der Waals surface area contributed by atoms with E-state index >= 15 is 0 Å². The Hall–Kier alpha value is -14.2. The molecular weight excluding hydrogens is 1450 g/mol. The summed E-state index contributed by atoms with van der Waals surface area (Å²) in [5.74, 6) is 1.87. The third kappa shape index (κ3) is 19.0. The average Bonchev–Trinajstić information content (AvgIpc) is 0.789. The molecular formula is C109H96N10. The van der Waals surface area contributed by atoms with Gasteiger partial charge in [-0.1, -0.05) is 379 Å². The van der Waals surface area contributed by atoms with Crippen LogP contribution in [0.5, 0.6) is 0 Å². The van der Waals surface area contributed by atoms with E-state index in [0.717, 1.165) is 151 Å². The van der Waals surface area contributed by atoms with Crippen LogP contribution in [0.2, 0.25) is 0 Å². The second kappa shape index (κ2) is 37.6. The SMILES string of the molecule is CC(C)c1ccc2nc(-c3ccccc3)c(-c3ccccc3)nc2c1.CC(C)c1cccc2nc(-c3ccccc3)c(-c3ccccc3)nc12.CC(C)c1nc2ccccc2nc1-c1ccc(-c2ccccc2)cc1.CC(C)c1nc2ccccc2nc1-c1cccc(-c2ccccc2)c1.CC(C)c1nc2ccccc2nc1-c1ccccc1. The van der Waals surface area contributed by atoms with Crippen LogP contribution in [-0.4, -0.2) is 49.8 Å². The summed E-state index contributed by atoms with van der Waals surface area (Å²) in [5, 5.41) is 0. The van der Waals surface area contributed by atoms with Gasteiger partial charge in [-0.2, -0.15) is 0 Å². The molecule has 0 spiro atoms. The first-order valence-corrected chi connectivity index (χ1v) is 41.2. The molecule has 0 atom stereocenters. The second-order valence-corrected chi connectivity index (χ2v) is 31.1. The maximum absolute atomic E-state index is 5.08. The highest BCUT2D eigenvalue weighted by molar-refractivity contribution is 5.90. The van der Waals surface area contributed by atoms with Gasteiger partial charge in [-0.15, -0.1) is 0 Å². The Bertz CT molecular complexity index is 6560. The molecule has 0 saturated carbocycles. The molecule has 0 N–H and O–H groups in total. The van der Waals surface area contributed by atoms with Crippen LogP contribution >= 0.6 is 0 Å². The van der Waals surface area contributed by atoms with Crippen molar-refractivity contribution in [1.82, 2.24) is 49.8 Å². The summed E-state index contributed by atoms with van der Waals surface area (Å²) in [7, 11) is 0. The van der Waals surface area contributed by atoms with E-state index in [9.17, 15) is 0 Å². The summed E-state index contributed by atoms with van der Waals surface area (Å²) in [6, 6.07) is 126. The second-order valence-electron chi connectivity index (χ2n) is 31.1. The Balaban J connectivity index is 0.000000116. The normalized spacial score (nSPS) is 11.2. The minimum absolute atomic E-state index is 0.312. The van der Waals surface area contributed by atoms with E-state index in [1.807, 2.05) is 176 Å². The van der Waals surface area contributed by atoms with Crippen LogP contribution in [0.25, 0.3) is 156 Å². The van der Waals surface area contributed by atoms with Crippen molar-refractivity contribution in [2.75, 3.05) is 0 Å². The van der Waals surface area contributed by atoms with Crippen LogP contribution in [0, 0.1) is 0 Å². The van der Waals surface area contributed by atoms with E-state index in [2.05, 4.69) is 263 Å². The molecule has 0 amide bonds. The highest BCUT2D eigenvalue weighted by atomic mass is 14.9. The number of fused-ring (bicyclic) bond motifs is 5. The third-order valence-electron chi connectivity index (χ3n) is 20.9. The summed E-state index contributed by atoms with van der Waals surface area (Å²) in [6.45, 7) is 21.8. The van der Waals surface area contributed by atoms with Crippen LogP contribution in [0.1, 0.15) is 127 Å². The first kappa shape index (κ1) is 80.0. The lowest BCUT2D eigenvalue weighted by Gasteiger charge is -2.14. The summed E-state index contributed by atoms with van der Waals surface area (Å²) >= 11 is 0. The number of rotatable bonds is 14. The molecule has 19 rings (SSSR count). The fraction of sp³-hybridized carbons (Fsp3) is 0.138.